The summed E-state index contributed by atoms with van der Waals surface area (Å²) in [5.74, 6) is 0.595. The van der Waals surface area contributed by atoms with Crippen molar-refractivity contribution in [2.75, 3.05) is 31.1 Å². The number of rotatable bonds is 9. The number of anilines is 1. The molecular weight excluding hydrogens is 414 g/mol. The van der Waals surface area contributed by atoms with Gasteiger partial charge in [0.15, 0.2) is 0 Å². The van der Waals surface area contributed by atoms with Crippen LogP contribution in [0.4, 0.5) is 5.69 Å². The molecule has 0 saturated carbocycles. The summed E-state index contributed by atoms with van der Waals surface area (Å²) in [6, 6.07) is 18.2. The highest BCUT2D eigenvalue weighted by Crippen LogP contribution is 2.31. The van der Waals surface area contributed by atoms with Gasteiger partial charge < -0.3 is 19.7 Å². The molecule has 0 bridgehead atoms. The van der Waals surface area contributed by atoms with Gasteiger partial charge in [-0.3, -0.25) is 4.79 Å². The van der Waals surface area contributed by atoms with Gasteiger partial charge in [-0.2, -0.15) is 5.26 Å². The molecule has 33 heavy (non-hydrogen) atoms. The minimum Gasteiger partial charge on any atom is -0.456 e. The third-order valence-electron chi connectivity index (χ3n) is 5.85. The van der Waals surface area contributed by atoms with Crippen molar-refractivity contribution in [3.63, 3.8) is 0 Å². The predicted octanol–water partition coefficient (Wildman–Crippen LogP) is 4.99. The average molecular weight is 446 g/mol. The Morgan fingerprint density at radius 1 is 1.12 bits per heavy atom. The molecule has 0 aliphatic heterocycles. The van der Waals surface area contributed by atoms with Crippen LogP contribution in [0.5, 0.6) is 0 Å². The van der Waals surface area contributed by atoms with Gasteiger partial charge in [0.2, 0.25) is 0 Å². The molecule has 0 aliphatic rings. The number of furan rings is 1. The van der Waals surface area contributed by atoms with Crippen molar-refractivity contribution in [1.82, 2.24) is 5.32 Å². The van der Waals surface area contributed by atoms with Gasteiger partial charge in [-0.1, -0.05) is 25.1 Å². The number of fused-ring (bicyclic) bond motifs is 1. The van der Waals surface area contributed by atoms with Crippen molar-refractivity contribution < 1.29 is 14.3 Å². The van der Waals surface area contributed by atoms with Crippen molar-refractivity contribution in [3.8, 4) is 17.4 Å². The van der Waals surface area contributed by atoms with Crippen LogP contribution in [-0.2, 0) is 4.79 Å². The highest BCUT2D eigenvalue weighted by atomic mass is 16.3. The lowest BCUT2D eigenvalue weighted by Gasteiger charge is -2.21. The molecule has 6 heteroatoms. The fraction of sp³-hybridized carbons (Fsp3) is 0.333. The van der Waals surface area contributed by atoms with E-state index in [2.05, 4.69) is 54.4 Å². The van der Waals surface area contributed by atoms with Crippen LogP contribution in [0.3, 0.4) is 0 Å². The normalized spacial score (nSPS) is 12.7. The monoisotopic (exact) mass is 445 g/mol. The van der Waals surface area contributed by atoms with Crippen molar-refractivity contribution >= 4 is 27.9 Å². The first-order valence-corrected chi connectivity index (χ1v) is 11.3. The Morgan fingerprint density at radius 2 is 1.82 bits per heavy atom. The molecule has 172 valence electrons. The van der Waals surface area contributed by atoms with Gasteiger partial charge in [-0.25, -0.2) is 0 Å². The second kappa shape index (κ2) is 10.8. The Hall–Kier alpha value is -3.56. The van der Waals surface area contributed by atoms with Gasteiger partial charge in [-0.15, -0.1) is 0 Å². The molecule has 3 rings (SSSR count). The fourth-order valence-electron chi connectivity index (χ4n) is 3.71. The standard InChI is InChI=1S/C27H31N3O3/c1-5-30(6-2)23-10-9-20-13-22(8-7-21(20)14-23)26-12-11-25(33-26)19(4)24(15-28)27(32)29-16-18(3)17-31/h7-14,18,31H,5-6,16-17H2,1-4H3,(H,29,32)/b24-19+. The highest BCUT2D eigenvalue weighted by molar-refractivity contribution is 6.04. The maximum atomic E-state index is 12.4. The van der Waals surface area contributed by atoms with E-state index in [0.29, 0.717) is 23.6 Å². The third kappa shape index (κ3) is 5.44. The van der Waals surface area contributed by atoms with Crippen molar-refractivity contribution in [2.24, 2.45) is 5.92 Å². The maximum absolute atomic E-state index is 12.4. The number of benzene rings is 2. The molecule has 1 aromatic heterocycles. The largest absolute Gasteiger partial charge is 0.456 e. The second-order valence-electron chi connectivity index (χ2n) is 8.19. The van der Waals surface area contributed by atoms with Crippen LogP contribution in [-0.4, -0.2) is 37.3 Å². The summed E-state index contributed by atoms with van der Waals surface area (Å²) in [5, 5.41) is 23.6. The van der Waals surface area contributed by atoms with E-state index in [4.69, 9.17) is 9.52 Å². The number of nitriles is 1. The lowest BCUT2D eigenvalue weighted by Crippen LogP contribution is -2.30. The highest BCUT2D eigenvalue weighted by Gasteiger charge is 2.17. The van der Waals surface area contributed by atoms with Crippen molar-refractivity contribution in [2.45, 2.75) is 27.7 Å². The van der Waals surface area contributed by atoms with E-state index in [1.54, 1.807) is 13.0 Å². The van der Waals surface area contributed by atoms with Gasteiger partial charge in [0.25, 0.3) is 5.91 Å². The number of carbonyl (C=O) groups excluding carboxylic acids is 1. The molecule has 1 heterocycles. The quantitative estimate of drug-likeness (QED) is 0.358. The Bertz CT molecular complexity index is 1200. The van der Waals surface area contributed by atoms with Gasteiger partial charge in [-0.05, 0) is 67.8 Å². The van der Waals surface area contributed by atoms with Crippen LogP contribution < -0.4 is 10.2 Å². The number of aliphatic hydroxyl groups is 1. The molecule has 0 aliphatic carbocycles. The molecule has 2 N–H and O–H groups in total. The Kier molecular flexibility index (Phi) is 7.92. The van der Waals surface area contributed by atoms with Crippen LogP contribution in [0.1, 0.15) is 33.5 Å². The van der Waals surface area contributed by atoms with E-state index < -0.39 is 5.91 Å². The van der Waals surface area contributed by atoms with E-state index in [-0.39, 0.29) is 18.1 Å². The lowest BCUT2D eigenvalue weighted by atomic mass is 10.0. The zero-order valence-electron chi connectivity index (χ0n) is 19.7. The number of nitrogens with zero attached hydrogens (tertiary/aromatic N) is 2. The van der Waals surface area contributed by atoms with Crippen molar-refractivity contribution in [1.29, 1.82) is 5.26 Å². The van der Waals surface area contributed by atoms with Gasteiger partial charge in [0.1, 0.15) is 23.2 Å². The number of aliphatic hydroxyl groups excluding tert-OH is 1. The summed E-state index contributed by atoms with van der Waals surface area (Å²) < 4.78 is 6.02. The molecule has 1 unspecified atom stereocenters. The summed E-state index contributed by atoms with van der Waals surface area (Å²) >= 11 is 0. The SMILES string of the molecule is CCN(CC)c1ccc2cc(-c3ccc(/C(C)=C(\C#N)C(=O)NCC(C)CO)o3)ccc2c1. The first-order valence-electron chi connectivity index (χ1n) is 11.3. The molecule has 6 nitrogen and oxygen atoms in total. The van der Waals surface area contributed by atoms with Crippen LogP contribution in [0.15, 0.2) is 58.5 Å². The third-order valence-corrected chi connectivity index (χ3v) is 5.85. The van der Waals surface area contributed by atoms with Crippen LogP contribution in [0.2, 0.25) is 0 Å². The lowest BCUT2D eigenvalue weighted by molar-refractivity contribution is -0.117. The molecule has 0 radical (unpaired) electrons. The summed E-state index contributed by atoms with van der Waals surface area (Å²) in [7, 11) is 0. The van der Waals surface area contributed by atoms with Crippen LogP contribution >= 0.6 is 0 Å². The van der Waals surface area contributed by atoms with Crippen molar-refractivity contribution in [3.05, 3.63) is 59.9 Å². The minimum atomic E-state index is -0.469. The number of nitrogens with one attached hydrogen (secondary N) is 1. The molecule has 0 fully saturated rings. The Balaban J connectivity index is 1.86. The average Bonchev–Trinajstić information content (AvgIpc) is 3.33. The molecule has 1 amide bonds. The van der Waals surface area contributed by atoms with E-state index in [0.717, 1.165) is 29.4 Å². The summed E-state index contributed by atoms with van der Waals surface area (Å²) in [6.45, 7) is 10.0. The topological polar surface area (TPSA) is 89.5 Å². The van der Waals surface area contributed by atoms with E-state index >= 15 is 0 Å². The Morgan fingerprint density at radius 3 is 2.48 bits per heavy atom. The Labute approximate surface area is 195 Å². The fourth-order valence-corrected chi connectivity index (χ4v) is 3.71. The summed E-state index contributed by atoms with van der Waals surface area (Å²) in [4.78, 5) is 14.7. The molecule has 1 atom stereocenters. The first kappa shape index (κ1) is 24.1. The number of hydrogen-bond acceptors (Lipinski definition) is 5. The van der Waals surface area contributed by atoms with E-state index in [1.807, 2.05) is 25.1 Å². The van der Waals surface area contributed by atoms with Crippen LogP contribution in [0, 0.1) is 17.2 Å². The van der Waals surface area contributed by atoms with Gasteiger partial charge in [0, 0.05) is 43.1 Å². The number of hydrogen-bond donors (Lipinski definition) is 2. The molecular formula is C27H31N3O3. The molecule has 3 aromatic rings. The van der Waals surface area contributed by atoms with Gasteiger partial charge in [0.05, 0.1) is 0 Å². The van der Waals surface area contributed by atoms with Gasteiger partial charge >= 0.3 is 0 Å². The predicted molar refractivity (Wildman–Crippen MR) is 133 cm³/mol. The second-order valence-corrected chi connectivity index (χ2v) is 8.19. The molecule has 2 aromatic carbocycles. The van der Waals surface area contributed by atoms with E-state index in [1.165, 1.54) is 5.69 Å². The minimum absolute atomic E-state index is 0.00323. The zero-order valence-corrected chi connectivity index (χ0v) is 19.7. The summed E-state index contributed by atoms with van der Waals surface area (Å²) in [6.07, 6.45) is 0. The molecule has 0 spiro atoms. The first-order chi connectivity index (χ1) is 15.9. The zero-order chi connectivity index (χ0) is 24.0. The van der Waals surface area contributed by atoms with E-state index in [9.17, 15) is 10.1 Å². The summed E-state index contributed by atoms with van der Waals surface area (Å²) in [5.41, 5.74) is 2.61. The number of amides is 1. The maximum Gasteiger partial charge on any atom is 0.262 e. The smallest absolute Gasteiger partial charge is 0.262 e. The molecule has 0 saturated heterocycles. The number of carbonyl (C=O) groups is 1. The van der Waals surface area contributed by atoms with Crippen LogP contribution in [0.25, 0.3) is 27.7 Å². The number of allylic oxidation sites excluding steroid dienone is 1.